The highest BCUT2D eigenvalue weighted by Gasteiger charge is 2.49. The topological polar surface area (TPSA) is 55.1 Å². The molecule has 0 spiro atoms. The van der Waals surface area contributed by atoms with Gasteiger partial charge in [-0.1, -0.05) is 43.7 Å². The van der Waals surface area contributed by atoms with Crippen molar-refractivity contribution in [1.82, 2.24) is 5.32 Å². The number of rotatable bonds is 6. The largest absolute Gasteiger partial charge is 0.353 e. The van der Waals surface area contributed by atoms with Gasteiger partial charge in [0.2, 0.25) is 5.91 Å². The van der Waals surface area contributed by atoms with Crippen molar-refractivity contribution in [3.05, 3.63) is 35.9 Å². The number of benzene rings is 1. The third-order valence-corrected chi connectivity index (χ3v) is 5.59. The standard InChI is InChI=1S/C19H28N2O/c1-2-6-16(11-13-7-4-3-5-8-13)21-19(22)17-14-9-10-15(12-14)18(17)20/h3-5,7-8,14-18H,2,6,9-12,20H2,1H3,(H,21,22). The molecule has 22 heavy (non-hydrogen) atoms. The molecule has 0 saturated heterocycles. The average Bonchev–Trinajstić information content (AvgIpc) is 3.09. The fourth-order valence-corrected chi connectivity index (χ4v) is 4.49. The molecule has 1 aromatic carbocycles. The predicted molar refractivity (Wildman–Crippen MR) is 89.3 cm³/mol. The third-order valence-electron chi connectivity index (χ3n) is 5.59. The summed E-state index contributed by atoms with van der Waals surface area (Å²) >= 11 is 0. The second kappa shape index (κ2) is 6.82. The van der Waals surface area contributed by atoms with E-state index >= 15 is 0 Å². The van der Waals surface area contributed by atoms with Gasteiger partial charge in [0.15, 0.2) is 0 Å². The molecule has 5 unspecified atom stereocenters. The molecule has 0 aliphatic heterocycles. The Morgan fingerprint density at radius 1 is 1.27 bits per heavy atom. The van der Waals surface area contributed by atoms with E-state index in [1.54, 1.807) is 0 Å². The molecule has 2 saturated carbocycles. The molecule has 0 heterocycles. The van der Waals surface area contributed by atoms with Gasteiger partial charge in [0.05, 0.1) is 5.92 Å². The van der Waals surface area contributed by atoms with Crippen LogP contribution in [-0.4, -0.2) is 18.0 Å². The SMILES string of the molecule is CCCC(Cc1ccccc1)NC(=O)C1C2CCC(C2)C1N. The van der Waals surface area contributed by atoms with Crippen LogP contribution < -0.4 is 11.1 Å². The maximum atomic E-state index is 12.7. The molecule has 1 aromatic rings. The second-order valence-electron chi connectivity index (χ2n) is 7.12. The van der Waals surface area contributed by atoms with Crippen molar-refractivity contribution in [3.63, 3.8) is 0 Å². The summed E-state index contributed by atoms with van der Waals surface area (Å²) in [5, 5.41) is 3.30. The highest BCUT2D eigenvalue weighted by Crippen LogP contribution is 2.47. The Balaban J connectivity index is 1.62. The van der Waals surface area contributed by atoms with Gasteiger partial charge >= 0.3 is 0 Å². The number of amides is 1. The van der Waals surface area contributed by atoms with E-state index < -0.39 is 0 Å². The summed E-state index contributed by atoms with van der Waals surface area (Å²) in [6, 6.07) is 10.7. The lowest BCUT2D eigenvalue weighted by Crippen LogP contribution is -2.48. The lowest BCUT2D eigenvalue weighted by molar-refractivity contribution is -0.127. The molecule has 2 bridgehead atoms. The minimum absolute atomic E-state index is 0.0499. The van der Waals surface area contributed by atoms with E-state index in [9.17, 15) is 4.79 Å². The van der Waals surface area contributed by atoms with Crippen molar-refractivity contribution in [2.75, 3.05) is 0 Å². The molecular weight excluding hydrogens is 272 g/mol. The fourth-order valence-electron chi connectivity index (χ4n) is 4.49. The van der Waals surface area contributed by atoms with Crippen LogP contribution in [0.3, 0.4) is 0 Å². The summed E-state index contributed by atoms with van der Waals surface area (Å²) in [7, 11) is 0. The smallest absolute Gasteiger partial charge is 0.225 e. The first kappa shape index (κ1) is 15.5. The number of carbonyl (C=O) groups excluding carboxylic acids is 1. The van der Waals surface area contributed by atoms with Gasteiger partial charge in [-0.3, -0.25) is 4.79 Å². The highest BCUT2D eigenvalue weighted by atomic mass is 16.2. The lowest BCUT2D eigenvalue weighted by atomic mass is 9.84. The lowest BCUT2D eigenvalue weighted by Gasteiger charge is -2.29. The van der Waals surface area contributed by atoms with Gasteiger partial charge in [0.1, 0.15) is 0 Å². The molecule has 3 rings (SSSR count). The van der Waals surface area contributed by atoms with E-state index in [1.807, 2.05) is 6.07 Å². The van der Waals surface area contributed by atoms with Crippen molar-refractivity contribution in [2.24, 2.45) is 23.5 Å². The summed E-state index contributed by atoms with van der Waals surface area (Å²) in [4.78, 5) is 12.7. The van der Waals surface area contributed by atoms with Crippen LogP contribution in [0.1, 0.15) is 44.6 Å². The van der Waals surface area contributed by atoms with Gasteiger partial charge < -0.3 is 11.1 Å². The number of nitrogens with two attached hydrogens (primary N) is 1. The molecule has 0 radical (unpaired) electrons. The maximum Gasteiger partial charge on any atom is 0.225 e. The zero-order valence-corrected chi connectivity index (χ0v) is 13.5. The van der Waals surface area contributed by atoms with Gasteiger partial charge in [0.25, 0.3) is 0 Å². The van der Waals surface area contributed by atoms with Crippen molar-refractivity contribution >= 4 is 5.91 Å². The molecule has 5 atom stereocenters. The van der Waals surface area contributed by atoms with Crippen LogP contribution in [0.4, 0.5) is 0 Å². The van der Waals surface area contributed by atoms with Crippen LogP contribution >= 0.6 is 0 Å². The quantitative estimate of drug-likeness (QED) is 0.849. The minimum atomic E-state index is 0.0499. The maximum absolute atomic E-state index is 12.7. The Labute approximate surface area is 133 Å². The van der Waals surface area contributed by atoms with Crippen LogP contribution in [0.15, 0.2) is 30.3 Å². The first-order chi connectivity index (χ1) is 10.7. The molecule has 3 N–H and O–H groups in total. The average molecular weight is 300 g/mol. The van der Waals surface area contributed by atoms with Crippen LogP contribution in [-0.2, 0) is 11.2 Å². The third kappa shape index (κ3) is 3.19. The van der Waals surface area contributed by atoms with E-state index in [2.05, 4.69) is 36.5 Å². The Kier molecular flexibility index (Phi) is 4.82. The summed E-state index contributed by atoms with van der Waals surface area (Å²) in [5.74, 6) is 1.36. The summed E-state index contributed by atoms with van der Waals surface area (Å²) < 4.78 is 0. The van der Waals surface area contributed by atoms with E-state index in [-0.39, 0.29) is 23.9 Å². The minimum Gasteiger partial charge on any atom is -0.353 e. The van der Waals surface area contributed by atoms with Crippen molar-refractivity contribution < 1.29 is 4.79 Å². The van der Waals surface area contributed by atoms with Gasteiger partial charge in [-0.05, 0) is 49.5 Å². The van der Waals surface area contributed by atoms with Crippen LogP contribution in [0.25, 0.3) is 0 Å². The zero-order chi connectivity index (χ0) is 15.5. The van der Waals surface area contributed by atoms with Crippen LogP contribution in [0, 0.1) is 17.8 Å². The van der Waals surface area contributed by atoms with Crippen molar-refractivity contribution in [3.8, 4) is 0 Å². The normalized spacial score (nSPS) is 31.2. The number of hydrogen-bond acceptors (Lipinski definition) is 2. The molecule has 2 aliphatic rings. The molecule has 3 nitrogen and oxygen atoms in total. The Bertz CT molecular complexity index is 499. The second-order valence-corrected chi connectivity index (χ2v) is 7.12. The number of carbonyl (C=O) groups is 1. The zero-order valence-electron chi connectivity index (χ0n) is 13.5. The Morgan fingerprint density at radius 2 is 2.00 bits per heavy atom. The van der Waals surface area contributed by atoms with Gasteiger partial charge in [-0.2, -0.15) is 0 Å². The summed E-state index contributed by atoms with van der Waals surface area (Å²) in [6.45, 7) is 2.17. The summed E-state index contributed by atoms with van der Waals surface area (Å²) in [5.41, 5.74) is 7.60. The van der Waals surface area contributed by atoms with E-state index in [1.165, 1.54) is 18.4 Å². The van der Waals surface area contributed by atoms with E-state index in [0.717, 1.165) is 25.7 Å². The Morgan fingerprint density at radius 3 is 2.64 bits per heavy atom. The predicted octanol–water partition coefficient (Wildman–Crippen LogP) is 2.89. The molecule has 2 fully saturated rings. The molecule has 0 aromatic heterocycles. The highest BCUT2D eigenvalue weighted by molar-refractivity contribution is 5.80. The first-order valence-corrected chi connectivity index (χ1v) is 8.79. The molecule has 2 aliphatic carbocycles. The van der Waals surface area contributed by atoms with E-state index in [0.29, 0.717) is 11.8 Å². The number of hydrogen-bond donors (Lipinski definition) is 2. The van der Waals surface area contributed by atoms with Gasteiger partial charge in [-0.15, -0.1) is 0 Å². The summed E-state index contributed by atoms with van der Waals surface area (Å²) in [6.07, 6.45) is 6.59. The molecular formula is C19H28N2O. The monoisotopic (exact) mass is 300 g/mol. The van der Waals surface area contributed by atoms with Gasteiger partial charge in [0, 0.05) is 12.1 Å². The molecule has 1 amide bonds. The molecule has 120 valence electrons. The number of fused-ring (bicyclic) bond motifs is 2. The fraction of sp³-hybridized carbons (Fsp3) is 0.632. The first-order valence-electron chi connectivity index (χ1n) is 8.79. The Hall–Kier alpha value is -1.35. The number of nitrogens with one attached hydrogen (secondary N) is 1. The van der Waals surface area contributed by atoms with Crippen LogP contribution in [0.5, 0.6) is 0 Å². The van der Waals surface area contributed by atoms with Crippen molar-refractivity contribution in [1.29, 1.82) is 0 Å². The van der Waals surface area contributed by atoms with Crippen molar-refractivity contribution in [2.45, 2.75) is 57.5 Å². The van der Waals surface area contributed by atoms with Crippen LogP contribution in [0.2, 0.25) is 0 Å². The van der Waals surface area contributed by atoms with Gasteiger partial charge in [-0.25, -0.2) is 0 Å². The van der Waals surface area contributed by atoms with E-state index in [4.69, 9.17) is 5.73 Å². The molecule has 3 heteroatoms.